The van der Waals surface area contributed by atoms with Gasteiger partial charge in [-0.05, 0) is 76.3 Å². The number of nitrogens with zero attached hydrogens (tertiary/aromatic N) is 3. The smallest absolute Gasteiger partial charge is 0.407 e. The highest BCUT2D eigenvalue weighted by Crippen LogP contribution is 2.27. The van der Waals surface area contributed by atoms with E-state index in [4.69, 9.17) is 21.2 Å². The number of hydrogen-bond donors (Lipinski definition) is 3. The van der Waals surface area contributed by atoms with E-state index in [1.54, 1.807) is 39.1 Å². The number of carbonyl (C=O) groups excluding carboxylic acids is 2. The lowest BCUT2D eigenvalue weighted by molar-refractivity contribution is -0.114. The van der Waals surface area contributed by atoms with Gasteiger partial charge in [0.05, 0.1) is 11.4 Å². The van der Waals surface area contributed by atoms with Crippen LogP contribution in [0, 0.1) is 5.82 Å². The molecule has 3 rings (SSSR count). The number of hydrogen-bond acceptors (Lipinski definition) is 7. The fourth-order valence-electron chi connectivity index (χ4n) is 3.57. The molecule has 0 aliphatic heterocycles. The Labute approximate surface area is 203 Å². The molecule has 1 aromatic carbocycles. The summed E-state index contributed by atoms with van der Waals surface area (Å²) in [7, 11) is 0. The molecule has 2 aromatic rings. The molecule has 0 saturated heterocycles. The molecular formula is C25H31FN6O3. The van der Waals surface area contributed by atoms with Crippen molar-refractivity contribution in [1.29, 1.82) is 0 Å². The number of allylic oxidation sites excluding steroid dienone is 1. The molecule has 5 N–H and O–H groups in total. The minimum absolute atomic E-state index is 0.0389. The number of nitrogens with two attached hydrogens (primary N) is 2. The average molecular weight is 483 g/mol. The third kappa shape index (κ3) is 7.08. The molecule has 0 unspecified atom stereocenters. The van der Waals surface area contributed by atoms with Crippen LogP contribution in [0.15, 0.2) is 46.7 Å². The highest BCUT2D eigenvalue weighted by atomic mass is 19.1. The summed E-state index contributed by atoms with van der Waals surface area (Å²) in [6.45, 7) is 6.28. The van der Waals surface area contributed by atoms with Gasteiger partial charge >= 0.3 is 6.09 Å². The van der Waals surface area contributed by atoms with Gasteiger partial charge in [0.25, 0.3) is 5.91 Å². The number of primary amides is 1. The minimum atomic E-state index is -0.717. The Morgan fingerprint density at radius 1 is 1.14 bits per heavy atom. The predicted octanol–water partition coefficient (Wildman–Crippen LogP) is 3.02. The summed E-state index contributed by atoms with van der Waals surface area (Å²) >= 11 is 0. The normalized spacial score (nSPS) is 15.9. The first-order chi connectivity index (χ1) is 16.5. The Morgan fingerprint density at radius 2 is 1.86 bits per heavy atom. The summed E-state index contributed by atoms with van der Waals surface area (Å²) in [5.41, 5.74) is 14.1. The van der Waals surface area contributed by atoms with Crippen LogP contribution in [0.25, 0.3) is 11.4 Å². The number of rotatable bonds is 7. The van der Waals surface area contributed by atoms with Gasteiger partial charge in [0.2, 0.25) is 0 Å². The highest BCUT2D eigenvalue weighted by Gasteiger charge is 2.26. The SMILES string of the molecule is CC(C)(C)OC(=O)NCCCCN=C1/C(=C(\N)C(N)=O)CCc2cnc(-c3ccc(F)cc3)nc21. The number of carbonyl (C=O) groups is 2. The molecular weight excluding hydrogens is 451 g/mol. The van der Waals surface area contributed by atoms with Gasteiger partial charge in [-0.15, -0.1) is 0 Å². The number of nitrogens with one attached hydrogen (secondary N) is 1. The van der Waals surface area contributed by atoms with Crippen LogP contribution < -0.4 is 16.8 Å². The molecule has 0 bridgehead atoms. The van der Waals surface area contributed by atoms with Crippen molar-refractivity contribution in [3.63, 3.8) is 0 Å². The molecule has 9 nitrogen and oxygen atoms in total. The summed E-state index contributed by atoms with van der Waals surface area (Å²) < 4.78 is 18.6. The zero-order valence-corrected chi connectivity index (χ0v) is 20.2. The summed E-state index contributed by atoms with van der Waals surface area (Å²) in [5.74, 6) is -0.656. The van der Waals surface area contributed by atoms with E-state index in [1.165, 1.54) is 12.1 Å². The summed E-state index contributed by atoms with van der Waals surface area (Å²) in [4.78, 5) is 37.4. The fourth-order valence-corrected chi connectivity index (χ4v) is 3.57. The largest absolute Gasteiger partial charge is 0.444 e. The van der Waals surface area contributed by atoms with Gasteiger partial charge in [-0.1, -0.05) is 0 Å². The number of aryl methyl sites for hydroxylation is 1. The minimum Gasteiger partial charge on any atom is -0.444 e. The maximum absolute atomic E-state index is 13.3. The first-order valence-corrected chi connectivity index (χ1v) is 11.5. The number of unbranched alkanes of at least 4 members (excludes halogenated alkanes) is 1. The van der Waals surface area contributed by atoms with Crippen molar-refractivity contribution in [2.75, 3.05) is 13.1 Å². The molecule has 0 spiro atoms. The second kappa shape index (κ2) is 11.1. The Morgan fingerprint density at radius 3 is 2.51 bits per heavy atom. The van der Waals surface area contributed by atoms with Crippen molar-refractivity contribution in [2.24, 2.45) is 16.5 Å². The number of fused-ring (bicyclic) bond motifs is 1. The Bertz CT molecular complexity index is 1150. The number of alkyl carbamates (subject to hydrolysis) is 1. The van der Waals surface area contributed by atoms with Crippen molar-refractivity contribution in [3.05, 3.63) is 58.8 Å². The molecule has 0 saturated carbocycles. The lowest BCUT2D eigenvalue weighted by Crippen LogP contribution is -2.33. The molecule has 1 aliphatic rings. The van der Waals surface area contributed by atoms with Crippen LogP contribution in [-0.2, 0) is 16.0 Å². The van der Waals surface area contributed by atoms with E-state index in [-0.39, 0.29) is 11.5 Å². The molecule has 186 valence electrons. The van der Waals surface area contributed by atoms with Gasteiger partial charge in [-0.25, -0.2) is 19.2 Å². The van der Waals surface area contributed by atoms with Crippen LogP contribution in [0.4, 0.5) is 9.18 Å². The monoisotopic (exact) mass is 482 g/mol. The molecule has 0 fully saturated rings. The van der Waals surface area contributed by atoms with Gasteiger partial charge in [0.1, 0.15) is 17.1 Å². The number of halogens is 1. The van der Waals surface area contributed by atoms with Crippen molar-refractivity contribution < 1.29 is 18.7 Å². The second-order valence-electron chi connectivity index (χ2n) is 9.20. The third-order valence-corrected chi connectivity index (χ3v) is 5.24. The number of aliphatic imine (C=N–C) groups is 1. The van der Waals surface area contributed by atoms with Crippen LogP contribution >= 0.6 is 0 Å². The number of ether oxygens (including phenoxy) is 1. The standard InChI is InChI=1S/C25H31FN6O3/c1-25(2,3)35-24(34)30-13-5-4-12-29-21-18(19(27)22(28)33)11-8-16-14-31-23(32-20(16)21)15-6-9-17(26)10-7-15/h6-7,9-10,14H,4-5,8,11-13,27H2,1-3H3,(H2,28,33)(H,30,34)/b19-18-,29-21?. The Hall–Kier alpha value is -3.82. The van der Waals surface area contributed by atoms with Gasteiger partial charge < -0.3 is 21.5 Å². The number of benzene rings is 1. The van der Waals surface area contributed by atoms with Crippen LogP contribution in [0.5, 0.6) is 0 Å². The van der Waals surface area contributed by atoms with Gasteiger partial charge in [0, 0.05) is 30.4 Å². The lowest BCUT2D eigenvalue weighted by Gasteiger charge is -2.22. The molecule has 1 aliphatic carbocycles. The first kappa shape index (κ1) is 25.8. The van der Waals surface area contributed by atoms with Gasteiger partial charge in [0.15, 0.2) is 5.82 Å². The second-order valence-corrected chi connectivity index (χ2v) is 9.20. The van der Waals surface area contributed by atoms with Gasteiger partial charge in [-0.2, -0.15) is 0 Å². The van der Waals surface area contributed by atoms with E-state index in [2.05, 4.69) is 15.3 Å². The topological polar surface area (TPSA) is 146 Å². The van der Waals surface area contributed by atoms with Gasteiger partial charge in [-0.3, -0.25) is 9.79 Å². The van der Waals surface area contributed by atoms with Crippen molar-refractivity contribution in [2.45, 2.75) is 52.1 Å². The van der Waals surface area contributed by atoms with E-state index in [0.717, 1.165) is 5.56 Å². The Kier molecular flexibility index (Phi) is 8.16. The van der Waals surface area contributed by atoms with E-state index >= 15 is 0 Å². The Balaban J connectivity index is 1.79. The van der Waals surface area contributed by atoms with Crippen LogP contribution in [0.1, 0.15) is 51.3 Å². The van der Waals surface area contributed by atoms with Crippen molar-refractivity contribution in [1.82, 2.24) is 15.3 Å². The summed E-state index contributed by atoms with van der Waals surface area (Å²) in [6.07, 6.45) is 3.68. The number of aromatic nitrogens is 2. The average Bonchev–Trinajstić information content (AvgIpc) is 2.79. The first-order valence-electron chi connectivity index (χ1n) is 11.5. The molecule has 1 aromatic heterocycles. The highest BCUT2D eigenvalue weighted by molar-refractivity contribution is 6.16. The quantitative estimate of drug-likeness (QED) is 0.408. The van der Waals surface area contributed by atoms with E-state index in [1.807, 2.05) is 0 Å². The fraction of sp³-hybridized carbons (Fsp3) is 0.400. The maximum atomic E-state index is 13.3. The van der Waals surface area contributed by atoms with E-state index in [9.17, 15) is 14.0 Å². The number of amides is 2. The predicted molar refractivity (Wildman–Crippen MR) is 131 cm³/mol. The zero-order valence-electron chi connectivity index (χ0n) is 20.2. The molecule has 1 heterocycles. The summed E-state index contributed by atoms with van der Waals surface area (Å²) in [5, 5.41) is 2.72. The zero-order chi connectivity index (χ0) is 25.6. The van der Waals surface area contributed by atoms with E-state index < -0.39 is 17.6 Å². The van der Waals surface area contributed by atoms with E-state index in [0.29, 0.717) is 67.1 Å². The van der Waals surface area contributed by atoms with Crippen molar-refractivity contribution in [3.8, 4) is 11.4 Å². The maximum Gasteiger partial charge on any atom is 0.407 e. The molecule has 0 atom stereocenters. The van der Waals surface area contributed by atoms with Crippen LogP contribution in [0.2, 0.25) is 0 Å². The molecule has 35 heavy (non-hydrogen) atoms. The van der Waals surface area contributed by atoms with Crippen molar-refractivity contribution >= 4 is 17.7 Å². The lowest BCUT2D eigenvalue weighted by atomic mass is 9.88. The molecule has 0 radical (unpaired) electrons. The summed E-state index contributed by atoms with van der Waals surface area (Å²) in [6, 6.07) is 5.88. The van der Waals surface area contributed by atoms with Crippen LogP contribution in [0.3, 0.4) is 0 Å². The van der Waals surface area contributed by atoms with Crippen LogP contribution in [-0.4, -0.2) is 46.4 Å². The third-order valence-electron chi connectivity index (χ3n) is 5.24. The molecule has 2 amide bonds. The molecule has 10 heteroatoms.